The van der Waals surface area contributed by atoms with Crippen molar-refractivity contribution in [2.45, 2.75) is 0 Å². The fourth-order valence-electron chi connectivity index (χ4n) is 1.01. The van der Waals surface area contributed by atoms with Crippen molar-refractivity contribution in [2.75, 3.05) is 21.2 Å². The van der Waals surface area contributed by atoms with Gasteiger partial charge in [0.15, 0.2) is 10.9 Å². The van der Waals surface area contributed by atoms with Crippen LogP contribution in [0.2, 0.25) is 5.15 Å². The minimum atomic E-state index is 0.176. The van der Waals surface area contributed by atoms with Crippen LogP contribution < -0.4 is 4.74 Å². The highest BCUT2D eigenvalue weighted by Gasteiger charge is 2.13. The molecule has 0 aromatic carbocycles. The molecule has 0 radical (unpaired) electrons. The summed E-state index contributed by atoms with van der Waals surface area (Å²) in [5.74, 6) is 0.359. The van der Waals surface area contributed by atoms with E-state index in [2.05, 4.69) is 9.98 Å². The van der Waals surface area contributed by atoms with Crippen molar-refractivity contribution in [1.29, 1.82) is 5.26 Å². The van der Waals surface area contributed by atoms with Gasteiger partial charge in [-0.3, -0.25) is 0 Å². The number of nitriles is 1. The van der Waals surface area contributed by atoms with Crippen LogP contribution in [0.15, 0.2) is 11.2 Å². The van der Waals surface area contributed by atoms with Gasteiger partial charge in [0.05, 0.1) is 19.6 Å². The lowest BCUT2D eigenvalue weighted by atomic mass is 10.2. The number of aromatic nitrogens is 1. The predicted molar refractivity (Wildman–Crippen MR) is 62.4 cm³/mol. The molecule has 16 heavy (non-hydrogen) atoms. The van der Waals surface area contributed by atoms with Gasteiger partial charge in [0, 0.05) is 14.1 Å². The lowest BCUT2D eigenvalue weighted by Gasteiger charge is -2.07. The summed E-state index contributed by atoms with van der Waals surface area (Å²) in [6.07, 6.45) is 2.94. The largest absolute Gasteiger partial charge is 0.494 e. The van der Waals surface area contributed by atoms with Crippen LogP contribution in [0.5, 0.6) is 5.75 Å². The summed E-state index contributed by atoms with van der Waals surface area (Å²) in [6.45, 7) is 0. The van der Waals surface area contributed by atoms with E-state index in [1.54, 1.807) is 11.2 Å². The molecule has 0 spiro atoms. The first-order chi connectivity index (χ1) is 7.60. The summed E-state index contributed by atoms with van der Waals surface area (Å²) in [4.78, 5) is 9.72. The normalized spacial score (nSPS) is 10.2. The summed E-state index contributed by atoms with van der Waals surface area (Å²) >= 11 is 5.87. The van der Waals surface area contributed by atoms with Gasteiger partial charge in [-0.25, -0.2) is 9.98 Å². The quantitative estimate of drug-likeness (QED) is 0.458. The molecule has 6 heteroatoms. The molecule has 0 aliphatic rings. The van der Waals surface area contributed by atoms with Crippen LogP contribution >= 0.6 is 11.6 Å². The Kier molecular flexibility index (Phi) is 4.09. The van der Waals surface area contributed by atoms with Crippen molar-refractivity contribution >= 4 is 23.6 Å². The SMILES string of the molecule is COc1cnc(Cl)c(/N=C/N(C)C)c1C#N. The summed E-state index contributed by atoms with van der Waals surface area (Å²) < 4.78 is 5.01. The third kappa shape index (κ3) is 2.61. The molecule has 1 heterocycles. The molecule has 5 nitrogen and oxygen atoms in total. The van der Waals surface area contributed by atoms with Gasteiger partial charge in [-0.1, -0.05) is 11.6 Å². The molecular formula is C10H11ClN4O. The van der Waals surface area contributed by atoms with Gasteiger partial charge < -0.3 is 9.64 Å². The van der Waals surface area contributed by atoms with Gasteiger partial charge in [0.25, 0.3) is 0 Å². The first kappa shape index (κ1) is 12.3. The summed E-state index contributed by atoms with van der Waals surface area (Å²) in [6, 6.07) is 2.00. The van der Waals surface area contributed by atoms with Crippen LogP contribution in [-0.2, 0) is 0 Å². The number of nitrogens with zero attached hydrogens (tertiary/aromatic N) is 4. The Morgan fingerprint density at radius 1 is 1.62 bits per heavy atom. The average Bonchev–Trinajstić information content (AvgIpc) is 2.26. The molecule has 0 bridgehead atoms. The van der Waals surface area contributed by atoms with Crippen molar-refractivity contribution in [2.24, 2.45) is 4.99 Å². The summed E-state index contributed by atoms with van der Waals surface area (Å²) in [5.41, 5.74) is 0.595. The fourth-order valence-corrected chi connectivity index (χ4v) is 1.21. The number of pyridine rings is 1. The molecule has 0 saturated carbocycles. The monoisotopic (exact) mass is 238 g/mol. The smallest absolute Gasteiger partial charge is 0.157 e. The summed E-state index contributed by atoms with van der Waals surface area (Å²) in [5, 5.41) is 9.19. The highest BCUT2D eigenvalue weighted by atomic mass is 35.5. The fraction of sp³-hybridized carbons (Fsp3) is 0.300. The van der Waals surface area contributed by atoms with Gasteiger partial charge in [0.2, 0.25) is 0 Å². The number of ether oxygens (including phenoxy) is 1. The molecule has 0 atom stereocenters. The number of methoxy groups -OCH3 is 1. The predicted octanol–water partition coefficient (Wildman–Crippen LogP) is 1.84. The van der Waals surface area contributed by atoms with E-state index in [1.165, 1.54) is 13.3 Å². The molecular weight excluding hydrogens is 228 g/mol. The van der Waals surface area contributed by atoms with E-state index >= 15 is 0 Å². The standard InChI is InChI=1S/C10H11ClN4O/c1-15(2)6-14-9-7(4-12)8(16-3)5-13-10(9)11/h5-6H,1-3H3/b14-6+. The average molecular weight is 239 g/mol. The van der Waals surface area contributed by atoms with Gasteiger partial charge in [-0.15, -0.1) is 0 Å². The molecule has 0 saturated heterocycles. The summed E-state index contributed by atoms with van der Waals surface area (Å²) in [7, 11) is 5.10. The van der Waals surface area contributed by atoms with Crippen LogP contribution in [0.4, 0.5) is 5.69 Å². The number of aliphatic imine (C=N–C) groups is 1. The molecule has 1 aromatic heterocycles. The Morgan fingerprint density at radius 3 is 2.81 bits per heavy atom. The maximum Gasteiger partial charge on any atom is 0.157 e. The first-order valence-corrected chi connectivity index (χ1v) is 4.81. The van der Waals surface area contributed by atoms with Gasteiger partial charge in [0.1, 0.15) is 17.3 Å². The molecule has 84 valence electrons. The van der Waals surface area contributed by atoms with Gasteiger partial charge in [-0.2, -0.15) is 5.26 Å². The van der Waals surface area contributed by atoms with Crippen molar-refractivity contribution in [3.63, 3.8) is 0 Å². The molecule has 1 rings (SSSR count). The topological polar surface area (TPSA) is 61.5 Å². The van der Waals surface area contributed by atoms with Crippen LogP contribution in [0.1, 0.15) is 5.56 Å². The Morgan fingerprint density at radius 2 is 2.31 bits per heavy atom. The Bertz CT molecular complexity index is 451. The van der Waals surface area contributed by atoms with E-state index in [9.17, 15) is 0 Å². The molecule has 1 aromatic rings. The van der Waals surface area contributed by atoms with E-state index in [-0.39, 0.29) is 10.7 Å². The molecule has 0 N–H and O–H groups in total. The molecule has 0 aliphatic carbocycles. The zero-order valence-corrected chi connectivity index (χ0v) is 9.99. The second-order valence-corrected chi connectivity index (χ2v) is 3.52. The van der Waals surface area contributed by atoms with E-state index < -0.39 is 0 Å². The number of halogens is 1. The van der Waals surface area contributed by atoms with E-state index in [0.717, 1.165) is 0 Å². The molecule has 0 amide bonds. The molecule has 0 unspecified atom stereocenters. The lowest BCUT2D eigenvalue weighted by molar-refractivity contribution is 0.412. The van der Waals surface area contributed by atoms with Crippen molar-refractivity contribution in [3.05, 3.63) is 16.9 Å². The zero-order valence-electron chi connectivity index (χ0n) is 9.23. The first-order valence-electron chi connectivity index (χ1n) is 4.43. The number of hydrogen-bond donors (Lipinski definition) is 0. The van der Waals surface area contributed by atoms with Crippen LogP contribution in [0.25, 0.3) is 0 Å². The second kappa shape index (κ2) is 5.33. The maximum atomic E-state index is 9.02. The highest BCUT2D eigenvalue weighted by Crippen LogP contribution is 2.32. The van der Waals surface area contributed by atoms with Gasteiger partial charge in [-0.05, 0) is 0 Å². The third-order valence-electron chi connectivity index (χ3n) is 1.72. The van der Waals surface area contributed by atoms with Crippen LogP contribution in [-0.4, -0.2) is 37.4 Å². The van der Waals surface area contributed by atoms with Crippen molar-refractivity contribution in [3.8, 4) is 11.8 Å². The minimum Gasteiger partial charge on any atom is -0.494 e. The third-order valence-corrected chi connectivity index (χ3v) is 2.00. The minimum absolute atomic E-state index is 0.176. The van der Waals surface area contributed by atoms with E-state index in [4.69, 9.17) is 21.6 Å². The zero-order chi connectivity index (χ0) is 12.1. The number of hydrogen-bond acceptors (Lipinski definition) is 4. The van der Waals surface area contributed by atoms with E-state index in [0.29, 0.717) is 11.4 Å². The van der Waals surface area contributed by atoms with Gasteiger partial charge >= 0.3 is 0 Å². The number of rotatable bonds is 3. The maximum absolute atomic E-state index is 9.02. The molecule has 0 aliphatic heterocycles. The van der Waals surface area contributed by atoms with E-state index in [1.807, 2.05) is 20.2 Å². The Labute approximate surface area is 98.9 Å². The van der Waals surface area contributed by atoms with Crippen LogP contribution in [0.3, 0.4) is 0 Å². The van der Waals surface area contributed by atoms with Crippen molar-refractivity contribution in [1.82, 2.24) is 9.88 Å². The van der Waals surface area contributed by atoms with Crippen molar-refractivity contribution < 1.29 is 4.74 Å². The Hall–Kier alpha value is -1.80. The highest BCUT2D eigenvalue weighted by molar-refractivity contribution is 6.32. The lowest BCUT2D eigenvalue weighted by Crippen LogP contribution is -2.07. The van der Waals surface area contributed by atoms with Crippen LogP contribution in [0, 0.1) is 11.3 Å². The Balaban J connectivity index is 3.30. The second-order valence-electron chi connectivity index (χ2n) is 3.16. The molecule has 0 fully saturated rings.